The van der Waals surface area contributed by atoms with E-state index in [2.05, 4.69) is 21.7 Å². The molecule has 32 heavy (non-hydrogen) atoms. The molecule has 166 valence electrons. The fourth-order valence-corrected chi connectivity index (χ4v) is 4.80. The average Bonchev–Trinajstić information content (AvgIpc) is 3.48. The van der Waals surface area contributed by atoms with Crippen molar-refractivity contribution in [1.82, 2.24) is 14.4 Å². The number of pyridine rings is 1. The van der Waals surface area contributed by atoms with Gasteiger partial charge in [0.15, 0.2) is 5.13 Å². The first-order chi connectivity index (χ1) is 15.1. The molecule has 0 spiro atoms. The fraction of sp³-hybridized carbons (Fsp3) is 0.0455. The van der Waals surface area contributed by atoms with Crippen molar-refractivity contribution in [2.45, 2.75) is 6.92 Å². The number of carbonyl (C=O) groups is 1. The van der Waals surface area contributed by atoms with Gasteiger partial charge in [0, 0.05) is 5.38 Å². The zero-order valence-corrected chi connectivity index (χ0v) is 20.7. The summed E-state index contributed by atoms with van der Waals surface area (Å²) in [5.74, 6) is -0.201. The predicted octanol–water partition coefficient (Wildman–Crippen LogP) is 5.21. The van der Waals surface area contributed by atoms with Crippen LogP contribution in [0.25, 0.3) is 17.0 Å². The van der Waals surface area contributed by atoms with Gasteiger partial charge in [-0.25, -0.2) is 17.1 Å². The van der Waals surface area contributed by atoms with E-state index in [0.29, 0.717) is 16.3 Å². The molecule has 5 aromatic rings. The Morgan fingerprint density at radius 1 is 1.16 bits per heavy atom. The Balaban J connectivity index is 0.00000245. The van der Waals surface area contributed by atoms with Crippen molar-refractivity contribution in [2.24, 2.45) is 0 Å². The third kappa shape index (κ3) is 3.73. The zero-order chi connectivity index (χ0) is 21.4. The van der Waals surface area contributed by atoms with Crippen LogP contribution in [-0.4, -0.2) is 20.3 Å². The molecular weight excluding hydrogens is 685 g/mol. The van der Waals surface area contributed by atoms with Gasteiger partial charge < -0.3 is 20.8 Å². The van der Waals surface area contributed by atoms with Gasteiger partial charge in [0.1, 0.15) is 5.69 Å². The van der Waals surface area contributed by atoms with Crippen molar-refractivity contribution in [1.29, 1.82) is 0 Å². The van der Waals surface area contributed by atoms with E-state index in [1.165, 1.54) is 22.7 Å². The van der Waals surface area contributed by atoms with Crippen LogP contribution in [-0.2, 0) is 0 Å². The summed E-state index contributed by atoms with van der Waals surface area (Å²) in [6.45, 7) is 1.97. The Morgan fingerprint density at radius 3 is 2.84 bits per heavy atom. The molecule has 0 radical (unpaired) electrons. The van der Waals surface area contributed by atoms with Gasteiger partial charge in [0.05, 0.1) is 38.3 Å². The number of benzene rings is 1. The molecule has 0 unspecified atom stereocenters. The quantitative estimate of drug-likeness (QED) is 0.173. The first-order valence-corrected chi connectivity index (χ1v) is 11.1. The van der Waals surface area contributed by atoms with Crippen LogP contribution in [0.3, 0.4) is 0 Å². The minimum atomic E-state index is -0.201. The van der Waals surface area contributed by atoms with Gasteiger partial charge in [-0.1, -0.05) is 18.3 Å². The van der Waals surface area contributed by atoms with Crippen LogP contribution in [0.5, 0.6) is 0 Å². The third-order valence-corrected chi connectivity index (χ3v) is 6.42. The number of amides is 1. The molecule has 5 rings (SSSR count). The summed E-state index contributed by atoms with van der Waals surface area (Å²) >= 11 is 2.85. The summed E-state index contributed by atoms with van der Waals surface area (Å²) < 4.78 is 1.98. The second-order valence-electron chi connectivity index (χ2n) is 6.77. The Labute approximate surface area is 186 Å². The number of imidazole rings is 1. The van der Waals surface area contributed by atoms with Crippen LogP contribution < -0.4 is 16.4 Å². The third-order valence-electron chi connectivity index (χ3n) is 4.66. The molecule has 4 aromatic heterocycles. The van der Waals surface area contributed by atoms with Crippen LogP contribution >= 0.6 is 22.7 Å². The molecule has 4 heterocycles. The molecule has 0 aliphatic carbocycles. The maximum atomic E-state index is 12.5. The van der Waals surface area contributed by atoms with E-state index in [9.17, 15) is 4.79 Å². The number of nitrogens with one attached hydrogen (secondary N) is 2. The summed E-state index contributed by atoms with van der Waals surface area (Å²) in [6, 6.07) is 17.7. The first-order valence-electron chi connectivity index (χ1n) is 9.42. The van der Waals surface area contributed by atoms with Crippen molar-refractivity contribution in [3.05, 3.63) is 76.7 Å². The minimum Gasteiger partial charge on any atom is -0.397 e. The number of nitrogen functional groups attached to an aromatic ring is 1. The van der Waals surface area contributed by atoms with Crippen LogP contribution in [0.2, 0.25) is 0 Å². The molecule has 0 saturated carbocycles. The predicted molar refractivity (Wildman–Crippen MR) is 126 cm³/mol. The van der Waals surface area contributed by atoms with Gasteiger partial charge in [0.25, 0.3) is 5.91 Å². The largest absolute Gasteiger partial charge is 0.397 e. The maximum Gasteiger partial charge on any atom is 0.265 e. The zero-order valence-electron chi connectivity index (χ0n) is 16.7. The normalized spacial score (nSPS) is 10.7. The van der Waals surface area contributed by atoms with E-state index < -0.39 is 0 Å². The fourth-order valence-electron chi connectivity index (χ4n) is 3.23. The molecule has 7 nitrogen and oxygen atoms in total. The molecular formula is C22H17FmN6OS2-. The monoisotopic (exact) mass is 702 g/mol. The standard InChI is InChI=1S/C22H17N6OS2.Fm/c1-13-20(28-11-5-4-8-18(28)24-13)16-12-30-22(26-16)27-19-10-9-17(31-19)21(29)25-15-7-3-2-6-14(15)23;/h2-4,6-12H,23H2,1H3,(H,25,29)(H,26,27);/q-1;. The molecule has 0 bridgehead atoms. The molecule has 0 fully saturated rings. The number of hydrogen-bond acceptors (Lipinski definition) is 7. The Hall–Kier alpha value is -4.69. The number of anilines is 4. The van der Waals surface area contributed by atoms with E-state index in [-0.39, 0.29) is 5.91 Å². The second-order valence-corrected chi connectivity index (χ2v) is 8.71. The Morgan fingerprint density at radius 2 is 2.00 bits per heavy atom. The summed E-state index contributed by atoms with van der Waals surface area (Å²) in [6.07, 6.45) is 1.86. The molecule has 1 aromatic carbocycles. The van der Waals surface area contributed by atoms with Crippen LogP contribution in [0.1, 0.15) is 15.4 Å². The first kappa shape index (κ1) is 20.6. The SMILES string of the molecule is Cc1nc2cc[c-]cn2c1-c1csc(Nc2ccc(C(=O)Nc3ccccc3N)s2)n1.[Fm]. The van der Waals surface area contributed by atoms with Gasteiger partial charge >= 0.3 is 0 Å². The van der Waals surface area contributed by atoms with E-state index in [1.807, 2.05) is 53.2 Å². The number of fused-ring (bicyclic) bond motifs is 1. The van der Waals surface area contributed by atoms with Crippen LogP contribution in [0.15, 0.2) is 60.1 Å². The van der Waals surface area contributed by atoms with E-state index >= 15 is 0 Å². The van der Waals surface area contributed by atoms with Gasteiger partial charge in [0.2, 0.25) is 0 Å². The molecule has 0 atom stereocenters. The molecule has 10 heteroatoms. The molecule has 0 saturated heterocycles. The van der Waals surface area contributed by atoms with Gasteiger partial charge in [-0.15, -0.1) is 22.7 Å². The smallest absolute Gasteiger partial charge is 0.265 e. The number of rotatable bonds is 5. The number of thiazole rings is 1. The number of aromatic nitrogens is 3. The van der Waals surface area contributed by atoms with Crippen molar-refractivity contribution >= 4 is 55.7 Å². The molecule has 0 aliphatic heterocycles. The molecule has 4 N–H and O–H groups in total. The number of para-hydroxylation sites is 2. The average molecular weight is 703 g/mol. The number of carbonyl (C=O) groups excluding carboxylic acids is 1. The summed E-state index contributed by atoms with van der Waals surface area (Å²) in [7, 11) is 0. The number of nitrogens with two attached hydrogens (primary N) is 1. The van der Waals surface area contributed by atoms with Gasteiger partial charge in [-0.05, 0) is 31.2 Å². The van der Waals surface area contributed by atoms with Gasteiger partial charge in [-0.3, -0.25) is 9.78 Å². The topological polar surface area (TPSA) is 97.3 Å². The summed E-state index contributed by atoms with van der Waals surface area (Å²) in [5.41, 5.74) is 10.6. The second kappa shape index (κ2) is 8.21. The summed E-state index contributed by atoms with van der Waals surface area (Å²) in [5, 5.41) is 9.69. The van der Waals surface area contributed by atoms with Crippen LogP contribution in [0.4, 0.5) is 21.5 Å². The number of nitrogens with zero attached hydrogens (tertiary/aromatic N) is 3. The Bertz CT molecular complexity index is 1410. The van der Waals surface area contributed by atoms with Crippen molar-refractivity contribution in [3.63, 3.8) is 0 Å². The molecule has 0 aliphatic rings. The number of hydrogen-bond donors (Lipinski definition) is 3. The van der Waals surface area contributed by atoms with Crippen LogP contribution in [0, 0.1) is 13.0 Å². The van der Waals surface area contributed by atoms with Crippen molar-refractivity contribution in [3.8, 4) is 11.4 Å². The van der Waals surface area contributed by atoms with Gasteiger partial charge in [-0.2, -0.15) is 6.07 Å². The summed E-state index contributed by atoms with van der Waals surface area (Å²) in [4.78, 5) is 22.4. The maximum absolute atomic E-state index is 12.5. The van der Waals surface area contributed by atoms with E-state index in [1.54, 1.807) is 18.2 Å². The molecule has 1 amide bonds. The van der Waals surface area contributed by atoms with Crippen molar-refractivity contribution < 1.29 is 4.79 Å². The Kier molecular flexibility index (Phi) is 5.28. The van der Waals surface area contributed by atoms with E-state index in [0.717, 1.165) is 32.9 Å². The minimum absolute atomic E-state index is 0. The van der Waals surface area contributed by atoms with Crippen molar-refractivity contribution in [2.75, 3.05) is 16.4 Å². The van der Waals surface area contributed by atoms with E-state index in [4.69, 9.17) is 10.7 Å². The number of aryl methyl sites for hydroxylation is 1. The number of thiophene rings is 1.